The lowest BCUT2D eigenvalue weighted by Gasteiger charge is -2.21. The van der Waals surface area contributed by atoms with Gasteiger partial charge in [-0.3, -0.25) is 14.4 Å². The van der Waals surface area contributed by atoms with Gasteiger partial charge in [0, 0.05) is 12.1 Å². The molecule has 0 aromatic heterocycles. The van der Waals surface area contributed by atoms with Gasteiger partial charge in [-0.1, -0.05) is 60.7 Å². The maximum atomic E-state index is 13.2. The Kier molecular flexibility index (Phi) is 20.7. The van der Waals surface area contributed by atoms with Crippen LogP contribution >= 0.6 is 0 Å². The average Bonchev–Trinajstić information content (AvgIpc) is 3.28. The first-order chi connectivity index (χ1) is 30.8. The second-order valence-corrected chi connectivity index (χ2v) is 15.9. The summed E-state index contributed by atoms with van der Waals surface area (Å²) in [6.07, 6.45) is 4.13. The van der Waals surface area contributed by atoms with Crippen molar-refractivity contribution < 1.29 is 52.7 Å². The van der Waals surface area contributed by atoms with Gasteiger partial charge in [0.25, 0.3) is 0 Å². The maximum absolute atomic E-state index is 13.2. The number of anilines is 1. The van der Waals surface area contributed by atoms with E-state index in [4.69, 9.17) is 33.5 Å². The molecule has 5 rings (SSSR count). The van der Waals surface area contributed by atoms with Crippen LogP contribution in [0.5, 0.6) is 23.0 Å². The zero-order chi connectivity index (χ0) is 46.2. The summed E-state index contributed by atoms with van der Waals surface area (Å²) in [6, 6.07) is 39.2. The van der Waals surface area contributed by atoms with Gasteiger partial charge in [-0.05, 0) is 143 Å². The Morgan fingerprint density at radius 3 is 1.66 bits per heavy atom. The summed E-state index contributed by atoms with van der Waals surface area (Å²) < 4.78 is 33.2. The third-order valence-corrected chi connectivity index (χ3v) is 9.48. The number of nitrogens with one attached hydrogen (secondary N) is 1. The Labute approximate surface area is 376 Å². The number of carboxylic acid groups (broad SMARTS) is 1. The molecule has 5 aromatic rings. The number of hydrogen-bond acceptors (Lipinski definition) is 10. The standard InChI is InChI=1S/C33H39NO7.C19H22O4/c1-23(24-12-11-15-28(21-24)40-19-10-9-18-39-27-13-7-6-8-14-27)31(36)34-29-17-16-25(32(37)38-5)20-26(29)22-30(35)41-33(2,3)4;20-19(21)13-10-16-8-11-18(12-9-16)23-15-5-4-14-22-17-6-2-1-3-7-17/h6-8,11-17,20-21,23H,9-10,18-19,22H2,1-5H3,(H,34,36);1-3,6-9,11-12H,4-5,10,13-15H2,(H,20,21). The Bertz CT molecular complexity index is 2190. The normalized spacial score (nSPS) is 11.2. The lowest BCUT2D eigenvalue weighted by molar-refractivity contribution is -0.154. The first-order valence-corrected chi connectivity index (χ1v) is 21.6. The van der Waals surface area contributed by atoms with Crippen molar-refractivity contribution >= 4 is 29.5 Å². The fourth-order valence-electron chi connectivity index (χ4n) is 6.11. The third kappa shape index (κ3) is 19.1. The van der Waals surface area contributed by atoms with Gasteiger partial charge in [0.05, 0.1) is 51.4 Å². The number of aryl methyl sites for hydroxylation is 1. The molecule has 5 aromatic carbocycles. The average molecular weight is 876 g/mol. The van der Waals surface area contributed by atoms with Crippen LogP contribution in [0, 0.1) is 0 Å². The van der Waals surface area contributed by atoms with Crippen molar-refractivity contribution in [2.24, 2.45) is 0 Å². The van der Waals surface area contributed by atoms with Crippen molar-refractivity contribution in [3.8, 4) is 23.0 Å². The van der Waals surface area contributed by atoms with Gasteiger partial charge in [0.1, 0.15) is 28.6 Å². The van der Waals surface area contributed by atoms with Crippen LogP contribution < -0.4 is 24.3 Å². The lowest BCUT2D eigenvalue weighted by Crippen LogP contribution is -2.26. The molecule has 2 N–H and O–H groups in total. The van der Waals surface area contributed by atoms with Crippen molar-refractivity contribution in [1.29, 1.82) is 0 Å². The second-order valence-electron chi connectivity index (χ2n) is 15.9. The molecule has 0 fully saturated rings. The van der Waals surface area contributed by atoms with E-state index in [-0.39, 0.29) is 24.3 Å². The molecule has 0 saturated heterocycles. The summed E-state index contributed by atoms with van der Waals surface area (Å²) in [4.78, 5) is 48.4. The van der Waals surface area contributed by atoms with Crippen LogP contribution in [0.4, 0.5) is 5.69 Å². The minimum atomic E-state index is -0.775. The molecule has 1 amide bonds. The van der Waals surface area contributed by atoms with Gasteiger partial charge >= 0.3 is 17.9 Å². The summed E-state index contributed by atoms with van der Waals surface area (Å²) in [7, 11) is 1.28. The number of para-hydroxylation sites is 2. The molecule has 1 atom stereocenters. The van der Waals surface area contributed by atoms with E-state index >= 15 is 0 Å². The highest BCUT2D eigenvalue weighted by molar-refractivity contribution is 5.98. The Hall–Kier alpha value is -6.82. The van der Waals surface area contributed by atoms with Crippen molar-refractivity contribution in [3.63, 3.8) is 0 Å². The summed E-state index contributed by atoms with van der Waals surface area (Å²) in [6.45, 7) is 9.60. The molecule has 0 saturated carbocycles. The predicted molar refractivity (Wildman–Crippen MR) is 247 cm³/mol. The van der Waals surface area contributed by atoms with E-state index in [0.29, 0.717) is 49.8 Å². The van der Waals surface area contributed by atoms with Crippen LogP contribution in [0.2, 0.25) is 0 Å². The van der Waals surface area contributed by atoms with E-state index < -0.39 is 29.4 Å². The van der Waals surface area contributed by atoms with E-state index in [1.807, 2.05) is 109 Å². The van der Waals surface area contributed by atoms with Crippen LogP contribution in [0.1, 0.15) is 92.8 Å². The van der Waals surface area contributed by atoms with Gasteiger partial charge in [-0.25, -0.2) is 4.79 Å². The number of ether oxygens (including phenoxy) is 6. The summed E-state index contributed by atoms with van der Waals surface area (Å²) in [5, 5.41) is 11.6. The molecular weight excluding hydrogens is 815 g/mol. The van der Waals surface area contributed by atoms with E-state index in [1.54, 1.807) is 39.8 Å². The monoisotopic (exact) mass is 875 g/mol. The summed E-state index contributed by atoms with van der Waals surface area (Å²) in [5.74, 6) is 0.677. The molecule has 0 aliphatic heterocycles. The number of hydrogen-bond donors (Lipinski definition) is 2. The molecule has 0 bridgehead atoms. The Morgan fingerprint density at radius 1 is 0.625 bits per heavy atom. The number of carbonyl (C=O) groups excluding carboxylic acids is 3. The van der Waals surface area contributed by atoms with Crippen LogP contribution in [0.3, 0.4) is 0 Å². The molecule has 0 radical (unpaired) electrons. The first-order valence-electron chi connectivity index (χ1n) is 21.6. The van der Waals surface area contributed by atoms with E-state index in [9.17, 15) is 19.2 Å². The smallest absolute Gasteiger partial charge is 0.337 e. The highest BCUT2D eigenvalue weighted by Gasteiger charge is 2.22. The minimum Gasteiger partial charge on any atom is -0.494 e. The first kappa shape index (κ1) is 49.8. The Morgan fingerprint density at radius 2 is 1.14 bits per heavy atom. The second kappa shape index (κ2) is 26.6. The maximum Gasteiger partial charge on any atom is 0.337 e. The fourth-order valence-corrected chi connectivity index (χ4v) is 6.11. The number of carboxylic acids is 1. The number of aliphatic carboxylic acids is 1. The minimum absolute atomic E-state index is 0.119. The molecule has 12 heteroatoms. The molecule has 1 unspecified atom stereocenters. The fraction of sp³-hybridized carbons (Fsp3) is 0.346. The number of esters is 2. The zero-order valence-electron chi connectivity index (χ0n) is 37.5. The number of carbonyl (C=O) groups is 4. The van der Waals surface area contributed by atoms with Crippen LogP contribution in [-0.2, 0) is 36.7 Å². The van der Waals surface area contributed by atoms with Crippen molar-refractivity contribution in [2.45, 2.75) is 84.2 Å². The highest BCUT2D eigenvalue weighted by atomic mass is 16.6. The molecule has 0 spiro atoms. The number of methoxy groups -OCH3 is 1. The molecular formula is C52H61NO11. The third-order valence-electron chi connectivity index (χ3n) is 9.48. The predicted octanol–water partition coefficient (Wildman–Crippen LogP) is 10.3. The van der Waals surface area contributed by atoms with Crippen molar-refractivity contribution in [1.82, 2.24) is 0 Å². The summed E-state index contributed by atoms with van der Waals surface area (Å²) >= 11 is 0. The molecule has 0 aliphatic carbocycles. The van der Waals surface area contributed by atoms with Crippen molar-refractivity contribution in [2.75, 3.05) is 38.9 Å². The van der Waals surface area contributed by atoms with Crippen LogP contribution in [0.15, 0.2) is 127 Å². The van der Waals surface area contributed by atoms with E-state index in [0.717, 1.165) is 54.1 Å². The van der Waals surface area contributed by atoms with Gasteiger partial charge < -0.3 is 38.8 Å². The largest absolute Gasteiger partial charge is 0.494 e. The zero-order valence-corrected chi connectivity index (χ0v) is 37.5. The number of unbranched alkanes of at least 4 members (excludes halogenated alkanes) is 2. The lowest BCUT2D eigenvalue weighted by atomic mass is 9.99. The van der Waals surface area contributed by atoms with Gasteiger partial charge in [-0.2, -0.15) is 0 Å². The van der Waals surface area contributed by atoms with Gasteiger partial charge in [0.2, 0.25) is 5.91 Å². The molecule has 64 heavy (non-hydrogen) atoms. The molecule has 340 valence electrons. The Balaban J connectivity index is 0.000000329. The van der Waals surface area contributed by atoms with Crippen molar-refractivity contribution in [3.05, 3.63) is 150 Å². The number of benzene rings is 5. The van der Waals surface area contributed by atoms with Gasteiger partial charge in [-0.15, -0.1) is 0 Å². The van der Waals surface area contributed by atoms with Crippen LogP contribution in [0.25, 0.3) is 0 Å². The van der Waals surface area contributed by atoms with Gasteiger partial charge in [0.15, 0.2) is 0 Å². The number of rotatable bonds is 23. The van der Waals surface area contributed by atoms with E-state index in [1.165, 1.54) is 13.2 Å². The summed E-state index contributed by atoms with van der Waals surface area (Å²) in [5.41, 5.74) is 2.27. The topological polar surface area (TPSA) is 156 Å². The van der Waals surface area contributed by atoms with E-state index in [2.05, 4.69) is 5.32 Å². The quantitative estimate of drug-likeness (QED) is 0.0476. The number of amides is 1. The SMILES string of the molecule is COC(=O)c1ccc(NC(=O)C(C)c2cccc(OCCCCOc3ccccc3)c2)c(CC(=O)OC(C)(C)C)c1.O=C(O)CCc1ccc(OCCCCOc2ccccc2)cc1. The molecule has 0 heterocycles. The molecule has 0 aliphatic rings. The van der Waals surface area contributed by atoms with Crippen LogP contribution in [-0.4, -0.2) is 68.1 Å². The molecule has 12 nitrogen and oxygen atoms in total. The highest BCUT2D eigenvalue weighted by Crippen LogP contribution is 2.26.